The molecule has 1 fully saturated rings. The third-order valence-corrected chi connectivity index (χ3v) is 5.75. The molecule has 1 saturated carbocycles. The van der Waals surface area contributed by atoms with Crippen LogP contribution in [-0.2, 0) is 19.6 Å². The molecular weight excluding hydrogens is 268 g/mol. The standard InChI is InChI=1S/C12H24N2O4S/c1-13-10-4-6-11(7-5-10)14(2)19(16,17)9-8-12(15)18-3/h10-11,13H,4-9H2,1-3H3. The molecule has 1 aliphatic carbocycles. The Morgan fingerprint density at radius 1 is 1.32 bits per heavy atom. The third-order valence-electron chi connectivity index (χ3n) is 3.85. The van der Waals surface area contributed by atoms with Crippen LogP contribution in [0.5, 0.6) is 0 Å². The number of hydrogen-bond acceptors (Lipinski definition) is 5. The molecule has 1 aliphatic rings. The summed E-state index contributed by atoms with van der Waals surface area (Å²) in [5.74, 6) is -0.668. The molecule has 6 nitrogen and oxygen atoms in total. The number of hydrogen-bond donors (Lipinski definition) is 1. The van der Waals surface area contributed by atoms with Crippen LogP contribution in [0.15, 0.2) is 0 Å². The van der Waals surface area contributed by atoms with Gasteiger partial charge in [0.25, 0.3) is 0 Å². The number of methoxy groups -OCH3 is 1. The molecule has 7 heteroatoms. The second-order valence-electron chi connectivity index (χ2n) is 4.95. The summed E-state index contributed by atoms with van der Waals surface area (Å²) in [6, 6.07) is 0.537. The molecule has 0 amide bonds. The van der Waals surface area contributed by atoms with Crippen molar-refractivity contribution < 1.29 is 17.9 Å². The normalized spacial score (nSPS) is 24.4. The summed E-state index contributed by atoms with van der Waals surface area (Å²) in [6.45, 7) is 0. The van der Waals surface area contributed by atoms with Gasteiger partial charge in [-0.3, -0.25) is 4.79 Å². The molecule has 0 bridgehead atoms. The van der Waals surface area contributed by atoms with Crippen molar-refractivity contribution >= 4 is 16.0 Å². The number of ether oxygens (including phenoxy) is 1. The van der Waals surface area contributed by atoms with Crippen LogP contribution in [0.25, 0.3) is 0 Å². The molecule has 0 unspecified atom stereocenters. The van der Waals surface area contributed by atoms with Crippen LogP contribution in [0, 0.1) is 0 Å². The molecule has 0 aromatic heterocycles. The molecule has 1 rings (SSSR count). The molecule has 112 valence electrons. The number of rotatable bonds is 6. The van der Waals surface area contributed by atoms with E-state index < -0.39 is 16.0 Å². The van der Waals surface area contributed by atoms with Gasteiger partial charge >= 0.3 is 5.97 Å². The van der Waals surface area contributed by atoms with Crippen molar-refractivity contribution in [1.29, 1.82) is 0 Å². The fourth-order valence-corrected chi connectivity index (χ4v) is 3.79. The topological polar surface area (TPSA) is 75.7 Å². The van der Waals surface area contributed by atoms with Crippen LogP contribution >= 0.6 is 0 Å². The summed E-state index contributed by atoms with van der Waals surface area (Å²) >= 11 is 0. The van der Waals surface area contributed by atoms with E-state index in [1.807, 2.05) is 7.05 Å². The highest BCUT2D eigenvalue weighted by atomic mass is 32.2. The van der Waals surface area contributed by atoms with E-state index in [2.05, 4.69) is 10.1 Å². The lowest BCUT2D eigenvalue weighted by atomic mass is 9.91. The Kier molecular flexibility index (Phi) is 6.22. The third kappa shape index (κ3) is 4.74. The molecular formula is C12H24N2O4S. The van der Waals surface area contributed by atoms with Gasteiger partial charge in [-0.1, -0.05) is 0 Å². The van der Waals surface area contributed by atoms with Gasteiger partial charge in [0.2, 0.25) is 10.0 Å². The highest BCUT2D eigenvalue weighted by molar-refractivity contribution is 7.89. The van der Waals surface area contributed by atoms with Crippen LogP contribution in [0.4, 0.5) is 0 Å². The molecule has 0 spiro atoms. The van der Waals surface area contributed by atoms with Crippen molar-refractivity contribution in [2.24, 2.45) is 0 Å². The van der Waals surface area contributed by atoms with E-state index in [1.165, 1.54) is 11.4 Å². The van der Waals surface area contributed by atoms with E-state index in [-0.39, 0.29) is 18.2 Å². The molecule has 0 atom stereocenters. The summed E-state index contributed by atoms with van der Waals surface area (Å²) in [4.78, 5) is 11.0. The van der Waals surface area contributed by atoms with Gasteiger partial charge in [0, 0.05) is 19.1 Å². The second-order valence-corrected chi connectivity index (χ2v) is 7.10. The van der Waals surface area contributed by atoms with E-state index in [0.717, 1.165) is 25.7 Å². The van der Waals surface area contributed by atoms with Gasteiger partial charge in [0.15, 0.2) is 0 Å². The SMILES string of the molecule is CNC1CCC(N(C)S(=O)(=O)CCC(=O)OC)CC1. The average molecular weight is 292 g/mol. The summed E-state index contributed by atoms with van der Waals surface area (Å²) in [6.07, 6.45) is 3.60. The van der Waals surface area contributed by atoms with Crippen molar-refractivity contribution in [2.75, 3.05) is 27.0 Å². The molecule has 0 aliphatic heterocycles. The minimum absolute atomic E-state index is 0.0484. The Morgan fingerprint density at radius 2 is 1.89 bits per heavy atom. The first-order chi connectivity index (χ1) is 8.90. The van der Waals surface area contributed by atoms with Crippen molar-refractivity contribution in [3.8, 4) is 0 Å². The lowest BCUT2D eigenvalue weighted by Gasteiger charge is -2.33. The molecule has 19 heavy (non-hydrogen) atoms. The van der Waals surface area contributed by atoms with Gasteiger partial charge in [-0.15, -0.1) is 0 Å². The molecule has 0 radical (unpaired) electrons. The smallest absolute Gasteiger partial charge is 0.306 e. The Labute approximate surface area is 115 Å². The van der Waals surface area contributed by atoms with E-state index in [4.69, 9.17) is 0 Å². The van der Waals surface area contributed by atoms with Gasteiger partial charge in [-0.05, 0) is 32.7 Å². The monoisotopic (exact) mass is 292 g/mol. The van der Waals surface area contributed by atoms with Crippen LogP contribution in [0.1, 0.15) is 32.1 Å². The predicted molar refractivity (Wildman–Crippen MR) is 73.3 cm³/mol. The zero-order valence-corrected chi connectivity index (χ0v) is 12.7. The number of esters is 1. The van der Waals surface area contributed by atoms with E-state index >= 15 is 0 Å². The number of carbonyl (C=O) groups is 1. The lowest BCUT2D eigenvalue weighted by Crippen LogP contribution is -2.43. The van der Waals surface area contributed by atoms with Crippen molar-refractivity contribution in [1.82, 2.24) is 9.62 Å². The Bertz CT molecular complexity index is 389. The van der Waals surface area contributed by atoms with Crippen molar-refractivity contribution in [3.63, 3.8) is 0 Å². The second kappa shape index (κ2) is 7.21. The molecule has 0 aromatic carbocycles. The Balaban J connectivity index is 2.51. The summed E-state index contributed by atoms with van der Waals surface area (Å²) in [5, 5.41) is 3.22. The Hall–Kier alpha value is -0.660. The van der Waals surface area contributed by atoms with Crippen LogP contribution in [0.2, 0.25) is 0 Å². The molecule has 0 saturated heterocycles. The van der Waals surface area contributed by atoms with Crippen LogP contribution < -0.4 is 5.32 Å². The minimum atomic E-state index is -3.38. The highest BCUT2D eigenvalue weighted by Gasteiger charge is 2.30. The van der Waals surface area contributed by atoms with Crippen molar-refractivity contribution in [2.45, 2.75) is 44.2 Å². The van der Waals surface area contributed by atoms with E-state index in [0.29, 0.717) is 6.04 Å². The predicted octanol–water partition coefficient (Wildman–Crippen LogP) is 0.342. The van der Waals surface area contributed by atoms with Crippen molar-refractivity contribution in [3.05, 3.63) is 0 Å². The number of nitrogens with zero attached hydrogens (tertiary/aromatic N) is 1. The average Bonchev–Trinajstić information content (AvgIpc) is 2.44. The first-order valence-electron chi connectivity index (χ1n) is 6.60. The molecule has 1 N–H and O–H groups in total. The van der Waals surface area contributed by atoms with Gasteiger partial charge in [-0.2, -0.15) is 0 Å². The Morgan fingerprint density at radius 3 is 2.37 bits per heavy atom. The summed E-state index contributed by atoms with van der Waals surface area (Å²) in [7, 11) is 1.42. The first-order valence-corrected chi connectivity index (χ1v) is 8.21. The van der Waals surface area contributed by atoms with Crippen LogP contribution in [-0.4, -0.2) is 57.7 Å². The lowest BCUT2D eigenvalue weighted by molar-refractivity contribution is -0.140. The highest BCUT2D eigenvalue weighted by Crippen LogP contribution is 2.24. The summed E-state index contributed by atoms with van der Waals surface area (Å²) in [5.41, 5.74) is 0. The van der Waals surface area contributed by atoms with Gasteiger partial charge in [-0.25, -0.2) is 12.7 Å². The zero-order chi connectivity index (χ0) is 14.5. The van der Waals surface area contributed by atoms with E-state index in [1.54, 1.807) is 7.05 Å². The molecule has 0 aromatic rings. The fourth-order valence-electron chi connectivity index (χ4n) is 2.41. The van der Waals surface area contributed by atoms with E-state index in [9.17, 15) is 13.2 Å². The largest absolute Gasteiger partial charge is 0.469 e. The quantitative estimate of drug-likeness (QED) is 0.715. The number of carbonyl (C=O) groups excluding carboxylic acids is 1. The van der Waals surface area contributed by atoms with Gasteiger partial charge in [0.05, 0.1) is 19.3 Å². The summed E-state index contributed by atoms with van der Waals surface area (Å²) < 4.78 is 30.1. The fraction of sp³-hybridized carbons (Fsp3) is 0.917. The maximum atomic E-state index is 12.1. The van der Waals surface area contributed by atoms with Gasteiger partial charge in [0.1, 0.15) is 0 Å². The first kappa shape index (κ1) is 16.4. The molecule has 0 heterocycles. The number of sulfonamides is 1. The maximum Gasteiger partial charge on any atom is 0.306 e. The maximum absolute atomic E-state index is 12.1. The zero-order valence-electron chi connectivity index (χ0n) is 11.9. The minimum Gasteiger partial charge on any atom is -0.469 e. The van der Waals surface area contributed by atoms with Crippen LogP contribution in [0.3, 0.4) is 0 Å². The van der Waals surface area contributed by atoms with Gasteiger partial charge < -0.3 is 10.1 Å². The number of nitrogens with one attached hydrogen (secondary N) is 1.